The Kier molecular flexibility index (Phi) is 4.03. The molecule has 0 aliphatic heterocycles. The number of nitrogens with zero attached hydrogens (tertiary/aromatic N) is 2. The molecule has 108 valence electrons. The molecule has 0 spiro atoms. The summed E-state index contributed by atoms with van der Waals surface area (Å²) >= 11 is 14.5. The largest absolute Gasteiger partial charge is 0.369 e. The van der Waals surface area contributed by atoms with Gasteiger partial charge in [0.25, 0.3) is 0 Å². The number of imidazole rings is 1. The molecule has 0 amide bonds. The molecule has 0 aliphatic rings. The summed E-state index contributed by atoms with van der Waals surface area (Å²) in [5, 5.41) is 1.25. The number of aromatic nitrogens is 2. The van der Waals surface area contributed by atoms with E-state index < -0.39 is 0 Å². The van der Waals surface area contributed by atoms with E-state index in [-0.39, 0.29) is 6.04 Å². The van der Waals surface area contributed by atoms with Crippen LogP contribution in [-0.2, 0) is 0 Å². The third-order valence-corrected chi connectivity index (χ3v) is 4.71. The zero-order valence-corrected chi connectivity index (χ0v) is 14.8. The lowest BCUT2D eigenvalue weighted by Gasteiger charge is -2.18. The van der Waals surface area contributed by atoms with Gasteiger partial charge in [-0.05, 0) is 65.4 Å². The van der Waals surface area contributed by atoms with E-state index in [9.17, 15) is 0 Å². The Morgan fingerprint density at radius 3 is 2.67 bits per heavy atom. The Morgan fingerprint density at radius 2 is 1.95 bits per heavy atom. The molecule has 0 radical (unpaired) electrons. The summed E-state index contributed by atoms with van der Waals surface area (Å²) < 4.78 is 3.11. The van der Waals surface area contributed by atoms with Crippen LogP contribution in [-0.4, -0.2) is 9.55 Å². The quantitative estimate of drug-likeness (QED) is 0.571. The number of halogens is 3. The molecule has 21 heavy (non-hydrogen) atoms. The molecule has 0 fully saturated rings. The van der Waals surface area contributed by atoms with E-state index in [4.69, 9.17) is 28.9 Å². The minimum Gasteiger partial charge on any atom is -0.369 e. The Labute approximate surface area is 146 Å². The Hall–Kier alpha value is -0.980. The average Bonchev–Trinajstić information content (AvgIpc) is 2.73. The Bertz CT molecular complexity index is 829. The zero-order valence-electron chi connectivity index (χ0n) is 11.1. The number of benzene rings is 2. The normalized spacial score (nSPS) is 12.8. The van der Waals surface area contributed by atoms with Crippen LogP contribution in [0.15, 0.2) is 36.4 Å². The van der Waals surface area contributed by atoms with Crippen LogP contribution in [0.3, 0.4) is 0 Å². The molecule has 0 saturated heterocycles. The van der Waals surface area contributed by atoms with Crippen molar-refractivity contribution >= 4 is 62.8 Å². The molecule has 2 aromatic carbocycles. The molecule has 2 N–H and O–H groups in total. The van der Waals surface area contributed by atoms with Crippen LogP contribution in [0, 0.1) is 3.57 Å². The standard InChI is InChI=1S/C15H12Cl2IN3/c1-8(11-4-2-9(16)6-12(11)17)21-14-5-3-10(18)7-13(14)20-15(21)19/h2-8H,1H3,(H2,19,20). The molecule has 1 heterocycles. The highest BCUT2D eigenvalue weighted by atomic mass is 127. The zero-order chi connectivity index (χ0) is 15.1. The van der Waals surface area contributed by atoms with Crippen LogP contribution in [0.1, 0.15) is 18.5 Å². The minimum atomic E-state index is -0.0279. The molecular weight excluding hydrogens is 420 g/mol. The van der Waals surface area contributed by atoms with E-state index in [1.54, 1.807) is 6.07 Å². The van der Waals surface area contributed by atoms with E-state index in [0.717, 1.165) is 20.2 Å². The fourth-order valence-corrected chi connectivity index (χ4v) is 3.52. The highest BCUT2D eigenvalue weighted by Crippen LogP contribution is 2.32. The number of fused-ring (bicyclic) bond motifs is 1. The van der Waals surface area contributed by atoms with Crippen LogP contribution in [0.25, 0.3) is 11.0 Å². The number of anilines is 1. The third kappa shape index (κ3) is 2.72. The first-order valence-corrected chi connectivity index (χ1v) is 8.19. The summed E-state index contributed by atoms with van der Waals surface area (Å²) in [5.74, 6) is 0.477. The number of nitrogen functional groups attached to an aromatic ring is 1. The number of nitrogens with two attached hydrogens (primary N) is 1. The van der Waals surface area contributed by atoms with Gasteiger partial charge in [-0.25, -0.2) is 4.98 Å². The molecule has 3 rings (SSSR count). The fraction of sp³-hybridized carbons (Fsp3) is 0.133. The van der Waals surface area contributed by atoms with Gasteiger partial charge in [0.1, 0.15) is 0 Å². The second kappa shape index (κ2) is 5.66. The van der Waals surface area contributed by atoms with Gasteiger partial charge in [-0.15, -0.1) is 0 Å². The molecule has 0 aliphatic carbocycles. The lowest BCUT2D eigenvalue weighted by molar-refractivity contribution is 0.668. The molecule has 0 bridgehead atoms. The van der Waals surface area contributed by atoms with E-state index in [2.05, 4.69) is 27.6 Å². The summed E-state index contributed by atoms with van der Waals surface area (Å²) in [5.41, 5.74) is 8.94. The molecule has 0 saturated carbocycles. The van der Waals surface area contributed by atoms with Crippen molar-refractivity contribution < 1.29 is 0 Å². The lowest BCUT2D eigenvalue weighted by atomic mass is 10.1. The average molecular weight is 432 g/mol. The van der Waals surface area contributed by atoms with Gasteiger partial charge in [-0.1, -0.05) is 29.3 Å². The monoisotopic (exact) mass is 431 g/mol. The number of rotatable bonds is 2. The smallest absolute Gasteiger partial charge is 0.201 e. The Balaban J connectivity index is 2.17. The maximum absolute atomic E-state index is 6.31. The second-order valence-electron chi connectivity index (χ2n) is 4.81. The maximum Gasteiger partial charge on any atom is 0.201 e. The van der Waals surface area contributed by atoms with Crippen molar-refractivity contribution in [3.05, 3.63) is 55.6 Å². The van der Waals surface area contributed by atoms with Gasteiger partial charge < -0.3 is 10.3 Å². The van der Waals surface area contributed by atoms with Crippen molar-refractivity contribution in [2.75, 3.05) is 5.73 Å². The first-order chi connectivity index (χ1) is 9.97. The van der Waals surface area contributed by atoms with Crippen LogP contribution in [0.5, 0.6) is 0 Å². The van der Waals surface area contributed by atoms with Gasteiger partial charge in [-0.2, -0.15) is 0 Å². The molecule has 1 unspecified atom stereocenters. The molecule has 3 nitrogen and oxygen atoms in total. The van der Waals surface area contributed by atoms with Crippen LogP contribution < -0.4 is 5.73 Å². The lowest BCUT2D eigenvalue weighted by Crippen LogP contribution is -2.10. The van der Waals surface area contributed by atoms with Crippen LogP contribution in [0.2, 0.25) is 10.0 Å². The Morgan fingerprint density at radius 1 is 1.19 bits per heavy atom. The van der Waals surface area contributed by atoms with Crippen molar-refractivity contribution in [3.63, 3.8) is 0 Å². The third-order valence-electron chi connectivity index (χ3n) is 3.48. The molecule has 1 atom stereocenters. The highest BCUT2D eigenvalue weighted by Gasteiger charge is 2.18. The SMILES string of the molecule is CC(c1ccc(Cl)cc1Cl)n1c(N)nc2cc(I)ccc21. The van der Waals surface area contributed by atoms with Gasteiger partial charge in [0, 0.05) is 13.6 Å². The maximum atomic E-state index is 6.31. The minimum absolute atomic E-state index is 0.0279. The van der Waals surface area contributed by atoms with Crippen molar-refractivity contribution in [2.45, 2.75) is 13.0 Å². The predicted octanol–water partition coefficient (Wildman–Crippen LogP) is 5.14. The molecule has 1 aromatic heterocycles. The number of hydrogen-bond donors (Lipinski definition) is 1. The van der Waals surface area contributed by atoms with Crippen molar-refractivity contribution in [1.29, 1.82) is 0 Å². The van der Waals surface area contributed by atoms with E-state index in [0.29, 0.717) is 16.0 Å². The van der Waals surface area contributed by atoms with Crippen molar-refractivity contribution in [2.24, 2.45) is 0 Å². The van der Waals surface area contributed by atoms with Crippen molar-refractivity contribution in [1.82, 2.24) is 9.55 Å². The summed E-state index contributed by atoms with van der Waals surface area (Å²) in [6.45, 7) is 2.05. The summed E-state index contributed by atoms with van der Waals surface area (Å²) in [6, 6.07) is 11.5. The molecule has 6 heteroatoms. The fourth-order valence-electron chi connectivity index (χ4n) is 2.48. The summed E-state index contributed by atoms with van der Waals surface area (Å²) in [7, 11) is 0. The molecule has 3 aromatic rings. The van der Waals surface area contributed by atoms with Crippen molar-refractivity contribution in [3.8, 4) is 0 Å². The summed E-state index contributed by atoms with van der Waals surface area (Å²) in [4.78, 5) is 4.43. The first-order valence-electron chi connectivity index (χ1n) is 6.35. The van der Waals surface area contributed by atoms with Crippen LogP contribution >= 0.6 is 45.8 Å². The predicted molar refractivity (Wildman–Crippen MR) is 97.1 cm³/mol. The van der Waals surface area contributed by atoms with Gasteiger partial charge in [0.05, 0.1) is 17.1 Å². The van der Waals surface area contributed by atoms with Gasteiger partial charge in [-0.3, -0.25) is 0 Å². The van der Waals surface area contributed by atoms with E-state index in [1.807, 2.05) is 41.8 Å². The van der Waals surface area contributed by atoms with E-state index in [1.165, 1.54) is 0 Å². The second-order valence-corrected chi connectivity index (χ2v) is 6.90. The number of hydrogen-bond acceptors (Lipinski definition) is 2. The highest BCUT2D eigenvalue weighted by molar-refractivity contribution is 14.1. The van der Waals surface area contributed by atoms with Crippen LogP contribution in [0.4, 0.5) is 5.95 Å². The molecular formula is C15H12Cl2IN3. The van der Waals surface area contributed by atoms with Gasteiger partial charge >= 0.3 is 0 Å². The summed E-state index contributed by atoms with van der Waals surface area (Å²) in [6.07, 6.45) is 0. The topological polar surface area (TPSA) is 43.8 Å². The van der Waals surface area contributed by atoms with E-state index >= 15 is 0 Å². The van der Waals surface area contributed by atoms with Gasteiger partial charge in [0.15, 0.2) is 0 Å². The first kappa shape index (κ1) is 14.9. The van der Waals surface area contributed by atoms with Gasteiger partial charge in [0.2, 0.25) is 5.95 Å².